The van der Waals surface area contributed by atoms with Crippen molar-refractivity contribution in [2.75, 3.05) is 6.54 Å². The van der Waals surface area contributed by atoms with Crippen molar-refractivity contribution in [3.8, 4) is 5.75 Å². The van der Waals surface area contributed by atoms with E-state index in [-0.39, 0.29) is 17.6 Å². The van der Waals surface area contributed by atoms with Crippen LogP contribution in [0, 0.1) is 5.82 Å². The third-order valence-electron chi connectivity index (χ3n) is 4.24. The van der Waals surface area contributed by atoms with Gasteiger partial charge in [0.2, 0.25) is 0 Å². The first-order valence-corrected chi connectivity index (χ1v) is 7.95. The lowest BCUT2D eigenvalue weighted by Crippen LogP contribution is -2.30. The van der Waals surface area contributed by atoms with Gasteiger partial charge < -0.3 is 15.4 Å². The Hall–Kier alpha value is -1.85. The summed E-state index contributed by atoms with van der Waals surface area (Å²) >= 11 is 3.36. The number of benzene rings is 2. The minimum absolute atomic E-state index is 0.128. The van der Waals surface area contributed by atoms with Gasteiger partial charge in [-0.15, -0.1) is 0 Å². The lowest BCUT2D eigenvalue weighted by Gasteiger charge is -2.25. The Bertz CT molecular complexity index is 874. The highest BCUT2D eigenvalue weighted by Crippen LogP contribution is 2.39. The molecule has 1 aliphatic rings. The van der Waals surface area contributed by atoms with Crippen molar-refractivity contribution in [3.63, 3.8) is 0 Å². The smallest absolute Gasteiger partial charge is 0.134 e. The van der Waals surface area contributed by atoms with E-state index in [0.29, 0.717) is 4.47 Å². The molecule has 0 bridgehead atoms. The van der Waals surface area contributed by atoms with Crippen molar-refractivity contribution < 1.29 is 9.50 Å². The summed E-state index contributed by atoms with van der Waals surface area (Å²) in [6.07, 6.45) is 0.837. The van der Waals surface area contributed by atoms with Crippen LogP contribution in [0.1, 0.15) is 22.9 Å². The van der Waals surface area contributed by atoms with Crippen molar-refractivity contribution >= 4 is 26.8 Å². The zero-order valence-electron chi connectivity index (χ0n) is 11.7. The highest BCUT2D eigenvalue weighted by atomic mass is 79.9. The first-order valence-electron chi connectivity index (χ1n) is 7.16. The number of halogens is 2. The summed E-state index contributed by atoms with van der Waals surface area (Å²) in [6, 6.07) is 10.3. The standard InChI is InChI=1S/C17H14BrFN2O/c18-13-3-1-2-11(17(13)22)15-16-10(6-7-20-15)12-8-9(19)4-5-14(12)21-16/h1-5,8,15,20-22H,6-7H2. The summed E-state index contributed by atoms with van der Waals surface area (Å²) in [7, 11) is 0. The van der Waals surface area contributed by atoms with E-state index < -0.39 is 0 Å². The van der Waals surface area contributed by atoms with Gasteiger partial charge in [0.05, 0.1) is 10.5 Å². The quantitative estimate of drug-likeness (QED) is 0.613. The maximum Gasteiger partial charge on any atom is 0.134 e. The fourth-order valence-electron chi connectivity index (χ4n) is 3.23. The van der Waals surface area contributed by atoms with E-state index >= 15 is 0 Å². The predicted octanol–water partition coefficient (Wildman–Crippen LogP) is 4.01. The molecule has 0 aliphatic carbocycles. The van der Waals surface area contributed by atoms with Crippen LogP contribution >= 0.6 is 15.9 Å². The molecule has 1 atom stereocenters. The number of phenols is 1. The number of aromatic nitrogens is 1. The third-order valence-corrected chi connectivity index (χ3v) is 4.88. The van der Waals surface area contributed by atoms with Gasteiger partial charge in [-0.1, -0.05) is 12.1 Å². The van der Waals surface area contributed by atoms with E-state index in [0.717, 1.165) is 40.7 Å². The van der Waals surface area contributed by atoms with Crippen LogP contribution in [0.3, 0.4) is 0 Å². The van der Waals surface area contributed by atoms with Crippen LogP contribution < -0.4 is 5.32 Å². The van der Waals surface area contributed by atoms with Crippen LogP contribution in [0.25, 0.3) is 10.9 Å². The normalized spacial score (nSPS) is 17.6. The molecule has 112 valence electrons. The van der Waals surface area contributed by atoms with Crippen LogP contribution in [0.5, 0.6) is 5.75 Å². The molecule has 22 heavy (non-hydrogen) atoms. The van der Waals surface area contributed by atoms with Gasteiger partial charge >= 0.3 is 0 Å². The Kier molecular flexibility index (Phi) is 3.20. The lowest BCUT2D eigenvalue weighted by molar-refractivity contribution is 0.449. The van der Waals surface area contributed by atoms with E-state index in [1.165, 1.54) is 6.07 Å². The van der Waals surface area contributed by atoms with Crippen LogP contribution in [0.2, 0.25) is 0 Å². The molecule has 1 aromatic heterocycles. The second kappa shape index (κ2) is 5.11. The summed E-state index contributed by atoms with van der Waals surface area (Å²) in [5, 5.41) is 14.7. The van der Waals surface area contributed by atoms with Gasteiger partial charge in [0, 0.05) is 28.7 Å². The molecule has 5 heteroatoms. The molecule has 3 aromatic rings. The van der Waals surface area contributed by atoms with E-state index in [9.17, 15) is 9.50 Å². The molecule has 4 rings (SSSR count). The van der Waals surface area contributed by atoms with Crippen molar-refractivity contribution in [1.82, 2.24) is 10.3 Å². The van der Waals surface area contributed by atoms with Crippen LogP contribution in [-0.2, 0) is 6.42 Å². The minimum Gasteiger partial charge on any atom is -0.506 e. The number of aromatic hydroxyl groups is 1. The van der Waals surface area contributed by atoms with Crippen LogP contribution in [-0.4, -0.2) is 16.6 Å². The molecule has 2 heterocycles. The largest absolute Gasteiger partial charge is 0.506 e. The van der Waals surface area contributed by atoms with E-state index in [2.05, 4.69) is 26.2 Å². The molecule has 2 aromatic carbocycles. The van der Waals surface area contributed by atoms with Gasteiger partial charge in [0.25, 0.3) is 0 Å². The fraction of sp³-hybridized carbons (Fsp3) is 0.176. The molecule has 0 radical (unpaired) electrons. The van der Waals surface area contributed by atoms with Gasteiger partial charge in [-0.25, -0.2) is 4.39 Å². The maximum atomic E-state index is 13.5. The summed E-state index contributed by atoms with van der Waals surface area (Å²) < 4.78 is 14.2. The van der Waals surface area contributed by atoms with Gasteiger partial charge in [0.1, 0.15) is 11.6 Å². The average molecular weight is 361 g/mol. The van der Waals surface area contributed by atoms with Gasteiger partial charge in [-0.2, -0.15) is 0 Å². The van der Waals surface area contributed by atoms with Gasteiger partial charge in [-0.3, -0.25) is 0 Å². The fourth-order valence-corrected chi connectivity index (χ4v) is 3.61. The number of fused-ring (bicyclic) bond motifs is 3. The van der Waals surface area contributed by atoms with Crippen molar-refractivity contribution in [1.29, 1.82) is 0 Å². The molecule has 0 fully saturated rings. The molecule has 0 saturated heterocycles. The Labute approximate surface area is 135 Å². The zero-order chi connectivity index (χ0) is 15.3. The van der Waals surface area contributed by atoms with Crippen molar-refractivity contribution in [3.05, 3.63) is 63.5 Å². The molecular weight excluding hydrogens is 347 g/mol. The molecule has 3 N–H and O–H groups in total. The Morgan fingerprint density at radius 3 is 2.95 bits per heavy atom. The SMILES string of the molecule is Oc1c(Br)cccc1C1NCCc2c1[nH]c1ccc(F)cc21. The second-order valence-corrected chi connectivity index (χ2v) is 6.38. The van der Waals surface area contributed by atoms with Gasteiger partial charge in [0.15, 0.2) is 0 Å². The van der Waals surface area contributed by atoms with Crippen molar-refractivity contribution in [2.45, 2.75) is 12.5 Å². The number of aromatic amines is 1. The van der Waals surface area contributed by atoms with Gasteiger partial charge in [-0.05, 0) is 52.2 Å². The first-order chi connectivity index (χ1) is 10.6. The van der Waals surface area contributed by atoms with Crippen LogP contribution in [0.15, 0.2) is 40.9 Å². The molecule has 0 amide bonds. The first kappa shape index (κ1) is 13.8. The highest BCUT2D eigenvalue weighted by molar-refractivity contribution is 9.10. The maximum absolute atomic E-state index is 13.5. The Morgan fingerprint density at radius 2 is 2.09 bits per heavy atom. The van der Waals surface area contributed by atoms with E-state index in [1.807, 2.05) is 18.2 Å². The number of hydrogen-bond acceptors (Lipinski definition) is 2. The lowest BCUT2D eigenvalue weighted by atomic mass is 9.94. The second-order valence-electron chi connectivity index (χ2n) is 5.52. The third kappa shape index (κ3) is 2.04. The number of hydrogen-bond donors (Lipinski definition) is 3. The summed E-state index contributed by atoms with van der Waals surface area (Å²) in [5.41, 5.74) is 3.86. The number of nitrogens with one attached hydrogen (secondary N) is 2. The summed E-state index contributed by atoms with van der Waals surface area (Å²) in [4.78, 5) is 3.38. The van der Waals surface area contributed by atoms with Crippen LogP contribution in [0.4, 0.5) is 4.39 Å². The number of para-hydroxylation sites is 1. The molecule has 0 spiro atoms. The number of phenolic OH excluding ortho intramolecular Hbond substituents is 1. The predicted molar refractivity (Wildman–Crippen MR) is 87.6 cm³/mol. The summed E-state index contributed by atoms with van der Waals surface area (Å²) in [6.45, 7) is 0.785. The molecule has 0 saturated carbocycles. The van der Waals surface area contributed by atoms with Crippen molar-refractivity contribution in [2.24, 2.45) is 0 Å². The monoisotopic (exact) mass is 360 g/mol. The number of H-pyrrole nitrogens is 1. The number of rotatable bonds is 1. The Balaban J connectivity index is 1.92. The molecular formula is C17H14BrFN2O. The molecule has 1 aliphatic heterocycles. The molecule has 1 unspecified atom stereocenters. The highest BCUT2D eigenvalue weighted by Gasteiger charge is 2.27. The topological polar surface area (TPSA) is 48.0 Å². The minimum atomic E-state index is -0.227. The zero-order valence-corrected chi connectivity index (χ0v) is 13.2. The molecule has 3 nitrogen and oxygen atoms in total. The van der Waals surface area contributed by atoms with E-state index in [4.69, 9.17) is 0 Å². The average Bonchev–Trinajstić information content (AvgIpc) is 2.88. The Morgan fingerprint density at radius 1 is 1.23 bits per heavy atom. The summed E-state index contributed by atoms with van der Waals surface area (Å²) in [5.74, 6) is 0.00683. The van der Waals surface area contributed by atoms with E-state index in [1.54, 1.807) is 12.1 Å².